The van der Waals surface area contributed by atoms with Crippen LogP contribution in [-0.2, 0) is 9.53 Å². The van der Waals surface area contributed by atoms with Crippen molar-refractivity contribution in [3.63, 3.8) is 0 Å². The molecule has 0 fully saturated rings. The summed E-state index contributed by atoms with van der Waals surface area (Å²) in [5, 5.41) is 0.312. The number of likely N-dealkylation sites (N-methyl/N-ethyl adjacent to an activating group) is 1. The van der Waals surface area contributed by atoms with Gasteiger partial charge in [-0.1, -0.05) is 11.6 Å². The van der Waals surface area contributed by atoms with Gasteiger partial charge in [-0.05, 0) is 12.1 Å². The largest absolute Gasteiger partial charge is 0.468 e. The first-order valence-corrected chi connectivity index (χ1v) is 4.86. The molecule has 0 saturated heterocycles. The summed E-state index contributed by atoms with van der Waals surface area (Å²) in [5.41, 5.74) is 0.371. The van der Waals surface area contributed by atoms with E-state index in [1.807, 2.05) is 0 Å². The third-order valence-corrected chi connectivity index (χ3v) is 2.14. The standard InChI is InChI=1S/C10H11ClN2O3/c1-13(6-9(14)16-2)10(15)7-3-4-8(11)12-5-7/h3-5H,6H2,1-2H3. The molecule has 1 rings (SSSR count). The maximum atomic E-state index is 11.7. The third kappa shape index (κ3) is 3.20. The van der Waals surface area contributed by atoms with Gasteiger partial charge in [0.2, 0.25) is 0 Å². The van der Waals surface area contributed by atoms with Crippen LogP contribution in [0.5, 0.6) is 0 Å². The number of pyridine rings is 1. The van der Waals surface area contributed by atoms with Crippen LogP contribution in [0.4, 0.5) is 0 Å². The van der Waals surface area contributed by atoms with Gasteiger partial charge < -0.3 is 9.64 Å². The molecule has 0 aliphatic carbocycles. The number of carbonyl (C=O) groups excluding carboxylic acids is 2. The van der Waals surface area contributed by atoms with Crippen LogP contribution in [0.15, 0.2) is 18.3 Å². The summed E-state index contributed by atoms with van der Waals surface area (Å²) in [5.74, 6) is -0.785. The number of nitrogens with zero attached hydrogens (tertiary/aromatic N) is 2. The van der Waals surface area contributed by atoms with Crippen LogP contribution in [0.1, 0.15) is 10.4 Å². The number of hydrogen-bond donors (Lipinski definition) is 0. The number of esters is 1. The lowest BCUT2D eigenvalue weighted by atomic mass is 10.2. The monoisotopic (exact) mass is 242 g/mol. The maximum Gasteiger partial charge on any atom is 0.325 e. The highest BCUT2D eigenvalue weighted by molar-refractivity contribution is 6.29. The molecule has 0 spiro atoms. The van der Waals surface area contributed by atoms with Crippen LogP contribution in [-0.4, -0.2) is 42.5 Å². The van der Waals surface area contributed by atoms with E-state index in [0.29, 0.717) is 10.7 Å². The van der Waals surface area contributed by atoms with Gasteiger partial charge in [0, 0.05) is 13.2 Å². The first kappa shape index (κ1) is 12.4. The Kier molecular flexibility index (Phi) is 4.25. The van der Waals surface area contributed by atoms with Crippen molar-refractivity contribution in [2.75, 3.05) is 20.7 Å². The highest BCUT2D eigenvalue weighted by Gasteiger charge is 2.15. The van der Waals surface area contributed by atoms with E-state index in [2.05, 4.69) is 9.72 Å². The average Bonchev–Trinajstić information content (AvgIpc) is 2.28. The molecule has 0 radical (unpaired) electrons. The van der Waals surface area contributed by atoms with Crippen molar-refractivity contribution in [1.82, 2.24) is 9.88 Å². The van der Waals surface area contributed by atoms with Gasteiger partial charge in [-0.25, -0.2) is 4.98 Å². The van der Waals surface area contributed by atoms with Gasteiger partial charge in [-0.15, -0.1) is 0 Å². The van der Waals surface area contributed by atoms with E-state index in [1.165, 1.54) is 31.3 Å². The number of hydrogen-bond acceptors (Lipinski definition) is 4. The molecule has 0 bridgehead atoms. The Bertz CT molecular complexity index is 392. The Morgan fingerprint density at radius 2 is 2.19 bits per heavy atom. The van der Waals surface area contributed by atoms with Gasteiger partial charge in [0.25, 0.3) is 5.91 Å². The van der Waals surface area contributed by atoms with Crippen LogP contribution < -0.4 is 0 Å². The van der Waals surface area contributed by atoms with Crippen molar-refractivity contribution in [2.24, 2.45) is 0 Å². The zero-order valence-corrected chi connectivity index (χ0v) is 9.69. The number of aromatic nitrogens is 1. The zero-order chi connectivity index (χ0) is 12.1. The minimum absolute atomic E-state index is 0.0992. The van der Waals surface area contributed by atoms with E-state index in [0.717, 1.165) is 0 Å². The summed E-state index contributed by atoms with van der Waals surface area (Å²) < 4.78 is 4.46. The number of carbonyl (C=O) groups is 2. The summed E-state index contributed by atoms with van der Waals surface area (Å²) in [7, 11) is 2.78. The Balaban J connectivity index is 2.70. The van der Waals surface area contributed by atoms with Crippen LogP contribution in [0.25, 0.3) is 0 Å². The normalized spacial score (nSPS) is 9.69. The van der Waals surface area contributed by atoms with E-state index in [4.69, 9.17) is 11.6 Å². The number of amides is 1. The lowest BCUT2D eigenvalue weighted by molar-refractivity contribution is -0.141. The predicted octanol–water partition coefficient (Wildman–Crippen LogP) is 0.980. The smallest absolute Gasteiger partial charge is 0.325 e. The highest BCUT2D eigenvalue weighted by atomic mass is 35.5. The van der Waals surface area contributed by atoms with Gasteiger partial charge in [-0.3, -0.25) is 9.59 Å². The van der Waals surface area contributed by atoms with Crippen LogP contribution >= 0.6 is 11.6 Å². The van der Waals surface area contributed by atoms with Crippen molar-refractivity contribution < 1.29 is 14.3 Å². The molecule has 0 atom stereocenters. The molecule has 1 aromatic heterocycles. The summed E-state index contributed by atoms with van der Waals surface area (Å²) in [6.07, 6.45) is 1.36. The molecular formula is C10H11ClN2O3. The average molecular weight is 243 g/mol. The van der Waals surface area contributed by atoms with Gasteiger partial charge in [-0.2, -0.15) is 0 Å². The van der Waals surface area contributed by atoms with Crippen molar-refractivity contribution in [3.05, 3.63) is 29.0 Å². The SMILES string of the molecule is COC(=O)CN(C)C(=O)c1ccc(Cl)nc1. The minimum Gasteiger partial charge on any atom is -0.468 e. The van der Waals surface area contributed by atoms with Crippen molar-refractivity contribution in [2.45, 2.75) is 0 Å². The molecule has 0 N–H and O–H groups in total. The Morgan fingerprint density at radius 3 is 2.69 bits per heavy atom. The van der Waals surface area contributed by atoms with Crippen LogP contribution in [0, 0.1) is 0 Å². The molecule has 1 amide bonds. The fourth-order valence-corrected chi connectivity index (χ4v) is 1.16. The molecule has 0 unspecified atom stereocenters. The molecule has 86 valence electrons. The molecule has 0 saturated carbocycles. The molecule has 0 aliphatic heterocycles. The lowest BCUT2D eigenvalue weighted by Crippen LogP contribution is -2.32. The molecule has 16 heavy (non-hydrogen) atoms. The van der Waals surface area contributed by atoms with Gasteiger partial charge in [0.1, 0.15) is 11.7 Å². The number of ether oxygens (including phenoxy) is 1. The van der Waals surface area contributed by atoms with Gasteiger partial charge in [0.15, 0.2) is 0 Å². The highest BCUT2D eigenvalue weighted by Crippen LogP contribution is 2.07. The Labute approximate surface area is 98.0 Å². The topological polar surface area (TPSA) is 59.5 Å². The number of methoxy groups -OCH3 is 1. The Morgan fingerprint density at radius 1 is 1.50 bits per heavy atom. The lowest BCUT2D eigenvalue weighted by Gasteiger charge is -2.15. The first-order chi connectivity index (χ1) is 7.54. The maximum absolute atomic E-state index is 11.7. The van der Waals surface area contributed by atoms with E-state index in [-0.39, 0.29) is 12.5 Å². The fourth-order valence-electron chi connectivity index (χ4n) is 1.05. The van der Waals surface area contributed by atoms with E-state index < -0.39 is 5.97 Å². The van der Waals surface area contributed by atoms with Crippen LogP contribution in [0.2, 0.25) is 5.15 Å². The van der Waals surface area contributed by atoms with Crippen molar-refractivity contribution >= 4 is 23.5 Å². The van der Waals surface area contributed by atoms with Crippen molar-refractivity contribution in [1.29, 1.82) is 0 Å². The molecule has 6 heteroatoms. The van der Waals surface area contributed by atoms with Gasteiger partial charge in [0.05, 0.1) is 12.7 Å². The minimum atomic E-state index is -0.474. The van der Waals surface area contributed by atoms with E-state index in [9.17, 15) is 9.59 Å². The molecule has 5 nitrogen and oxygen atoms in total. The second-order valence-corrected chi connectivity index (χ2v) is 3.49. The van der Waals surface area contributed by atoms with E-state index in [1.54, 1.807) is 6.07 Å². The van der Waals surface area contributed by atoms with Gasteiger partial charge >= 0.3 is 5.97 Å². The summed E-state index contributed by atoms with van der Waals surface area (Å²) in [6.45, 7) is -0.0992. The zero-order valence-electron chi connectivity index (χ0n) is 8.94. The van der Waals surface area contributed by atoms with E-state index >= 15 is 0 Å². The second-order valence-electron chi connectivity index (χ2n) is 3.11. The third-order valence-electron chi connectivity index (χ3n) is 1.91. The summed E-state index contributed by atoms with van der Waals surface area (Å²) in [6, 6.07) is 3.06. The number of halogens is 1. The van der Waals surface area contributed by atoms with Crippen molar-refractivity contribution in [3.8, 4) is 0 Å². The summed E-state index contributed by atoms with van der Waals surface area (Å²) >= 11 is 5.59. The molecule has 1 heterocycles. The summed E-state index contributed by atoms with van der Waals surface area (Å²) in [4.78, 5) is 27.7. The molecule has 1 aromatic rings. The molecule has 0 aliphatic rings. The van der Waals surface area contributed by atoms with Crippen LogP contribution in [0.3, 0.4) is 0 Å². The molecule has 0 aromatic carbocycles. The second kappa shape index (κ2) is 5.46. The first-order valence-electron chi connectivity index (χ1n) is 4.48. The molecular weight excluding hydrogens is 232 g/mol. The number of rotatable bonds is 3. The predicted molar refractivity (Wildman–Crippen MR) is 58.2 cm³/mol. The quantitative estimate of drug-likeness (QED) is 0.586. The fraction of sp³-hybridized carbons (Fsp3) is 0.300. The Hall–Kier alpha value is -1.62.